The van der Waals surface area contributed by atoms with Gasteiger partial charge in [-0.3, -0.25) is 14.4 Å². The molecule has 0 spiro atoms. The Morgan fingerprint density at radius 2 is 0.619 bits per heavy atom. The Balaban J connectivity index is 4.40. The van der Waals surface area contributed by atoms with Crippen molar-refractivity contribution in [2.75, 3.05) is 13.2 Å². The van der Waals surface area contributed by atoms with Crippen molar-refractivity contribution < 1.29 is 28.6 Å². The molecule has 0 aromatic rings. The molecular weight excluding hydrogens is 781 g/mol. The highest BCUT2D eigenvalue weighted by molar-refractivity contribution is 5.71. The largest absolute Gasteiger partial charge is 0.462 e. The van der Waals surface area contributed by atoms with Crippen LogP contribution in [0.5, 0.6) is 0 Å². The molecule has 0 fully saturated rings. The molecule has 0 heterocycles. The lowest BCUT2D eigenvalue weighted by molar-refractivity contribution is -0.167. The maximum Gasteiger partial charge on any atom is 0.306 e. The summed E-state index contributed by atoms with van der Waals surface area (Å²) in [5.74, 6) is -0.898. The van der Waals surface area contributed by atoms with E-state index >= 15 is 0 Å². The van der Waals surface area contributed by atoms with E-state index in [0.29, 0.717) is 19.3 Å². The van der Waals surface area contributed by atoms with Crippen molar-refractivity contribution in [1.29, 1.82) is 0 Å². The lowest BCUT2D eigenvalue weighted by Gasteiger charge is -2.18. The molecule has 364 valence electrons. The second kappa shape index (κ2) is 51.7. The first-order valence-corrected chi connectivity index (χ1v) is 26.8. The molecule has 0 amide bonds. The zero-order chi connectivity index (χ0) is 45.8. The van der Waals surface area contributed by atoms with Crippen LogP contribution in [0.25, 0.3) is 0 Å². The molecule has 0 saturated heterocycles. The normalized spacial score (nSPS) is 12.5. The van der Waals surface area contributed by atoms with Crippen LogP contribution >= 0.6 is 0 Å². The van der Waals surface area contributed by atoms with E-state index in [9.17, 15) is 14.4 Å². The summed E-state index contributed by atoms with van der Waals surface area (Å²) in [7, 11) is 0. The monoisotopic (exact) mass is 881 g/mol. The van der Waals surface area contributed by atoms with Gasteiger partial charge < -0.3 is 14.2 Å². The summed E-state index contributed by atoms with van der Waals surface area (Å²) in [5, 5.41) is 0. The number of ether oxygens (including phenoxy) is 3. The molecule has 0 bridgehead atoms. The first-order chi connectivity index (χ1) is 31.0. The van der Waals surface area contributed by atoms with Gasteiger partial charge in [0.1, 0.15) is 13.2 Å². The quantitative estimate of drug-likeness (QED) is 0.0262. The molecule has 0 N–H and O–H groups in total. The van der Waals surface area contributed by atoms with Gasteiger partial charge in [-0.25, -0.2) is 0 Å². The van der Waals surface area contributed by atoms with Crippen LogP contribution in [0.1, 0.15) is 265 Å². The zero-order valence-electron chi connectivity index (χ0n) is 41.6. The lowest BCUT2D eigenvalue weighted by atomic mass is 10.0. The van der Waals surface area contributed by atoms with E-state index in [1.165, 1.54) is 116 Å². The van der Waals surface area contributed by atoms with Gasteiger partial charge in [-0.2, -0.15) is 0 Å². The van der Waals surface area contributed by atoms with E-state index in [-0.39, 0.29) is 31.1 Å². The van der Waals surface area contributed by atoms with Crippen LogP contribution < -0.4 is 0 Å². The summed E-state index contributed by atoms with van der Waals surface area (Å²) < 4.78 is 16.8. The van der Waals surface area contributed by atoms with Crippen LogP contribution in [-0.4, -0.2) is 37.2 Å². The highest BCUT2D eigenvalue weighted by Crippen LogP contribution is 2.15. The van der Waals surface area contributed by atoms with Crippen molar-refractivity contribution in [3.8, 4) is 0 Å². The van der Waals surface area contributed by atoms with Gasteiger partial charge in [-0.1, -0.05) is 223 Å². The Morgan fingerprint density at radius 3 is 0.984 bits per heavy atom. The lowest BCUT2D eigenvalue weighted by Crippen LogP contribution is -2.30. The number of carbonyl (C=O) groups is 3. The molecular formula is C57H100O6. The third-order valence-corrected chi connectivity index (χ3v) is 11.5. The highest BCUT2D eigenvalue weighted by atomic mass is 16.6. The molecule has 6 heteroatoms. The Hall–Kier alpha value is -2.89. The summed E-state index contributed by atoms with van der Waals surface area (Å²) >= 11 is 0. The van der Waals surface area contributed by atoms with Crippen molar-refractivity contribution in [3.63, 3.8) is 0 Å². The topological polar surface area (TPSA) is 78.9 Å². The Bertz CT molecular complexity index is 1150. The van der Waals surface area contributed by atoms with E-state index in [0.717, 1.165) is 109 Å². The average molecular weight is 881 g/mol. The number of esters is 3. The zero-order valence-corrected chi connectivity index (χ0v) is 41.6. The van der Waals surface area contributed by atoms with Crippen molar-refractivity contribution in [2.24, 2.45) is 0 Å². The van der Waals surface area contributed by atoms with Gasteiger partial charge in [-0.05, 0) is 83.5 Å². The number of allylic oxidation sites excluding steroid dienone is 10. The van der Waals surface area contributed by atoms with Crippen LogP contribution in [0.3, 0.4) is 0 Å². The minimum Gasteiger partial charge on any atom is -0.462 e. The van der Waals surface area contributed by atoms with Crippen LogP contribution in [0.15, 0.2) is 60.8 Å². The molecule has 0 aliphatic rings. The van der Waals surface area contributed by atoms with E-state index in [1.54, 1.807) is 0 Å². The first kappa shape index (κ1) is 60.1. The Morgan fingerprint density at radius 1 is 0.333 bits per heavy atom. The predicted octanol–water partition coefficient (Wildman–Crippen LogP) is 17.6. The molecule has 0 aliphatic heterocycles. The van der Waals surface area contributed by atoms with Crippen molar-refractivity contribution >= 4 is 17.9 Å². The molecule has 0 aliphatic carbocycles. The summed E-state index contributed by atoms with van der Waals surface area (Å²) in [6, 6.07) is 0. The number of rotatable bonds is 48. The van der Waals surface area contributed by atoms with Crippen LogP contribution in [0.2, 0.25) is 0 Å². The summed E-state index contributed by atoms with van der Waals surface area (Å²) in [6.07, 6.45) is 63.4. The van der Waals surface area contributed by atoms with E-state index in [4.69, 9.17) is 14.2 Å². The Labute approximate surface area is 390 Å². The molecule has 63 heavy (non-hydrogen) atoms. The smallest absolute Gasteiger partial charge is 0.306 e. The van der Waals surface area contributed by atoms with Crippen molar-refractivity contribution in [2.45, 2.75) is 271 Å². The SMILES string of the molecule is CC/C=C\C/C=C\C/C=C\CCCCCCCCCC(=O)OCC(COC(=O)CCCCCCCCCCCCCC)OC(=O)CCCCCCC/C=C\C/C=C\CCCCCC. The number of hydrogen-bond donors (Lipinski definition) is 0. The van der Waals surface area contributed by atoms with Gasteiger partial charge in [0.25, 0.3) is 0 Å². The van der Waals surface area contributed by atoms with Gasteiger partial charge in [0.2, 0.25) is 0 Å². The number of carbonyl (C=O) groups excluding carboxylic acids is 3. The van der Waals surface area contributed by atoms with E-state index in [1.807, 2.05) is 0 Å². The summed E-state index contributed by atoms with van der Waals surface area (Å²) in [4.78, 5) is 38.0. The fraction of sp³-hybridized carbons (Fsp3) is 0.772. The van der Waals surface area contributed by atoms with Crippen LogP contribution in [0.4, 0.5) is 0 Å². The average Bonchev–Trinajstić information content (AvgIpc) is 3.28. The van der Waals surface area contributed by atoms with Gasteiger partial charge >= 0.3 is 17.9 Å². The molecule has 0 aromatic carbocycles. The molecule has 6 nitrogen and oxygen atoms in total. The predicted molar refractivity (Wildman–Crippen MR) is 270 cm³/mol. The third kappa shape index (κ3) is 50.0. The molecule has 1 atom stereocenters. The fourth-order valence-electron chi connectivity index (χ4n) is 7.49. The van der Waals surface area contributed by atoms with Gasteiger partial charge in [0.05, 0.1) is 0 Å². The van der Waals surface area contributed by atoms with Crippen molar-refractivity contribution in [1.82, 2.24) is 0 Å². The molecule has 0 radical (unpaired) electrons. The molecule has 1 unspecified atom stereocenters. The fourth-order valence-corrected chi connectivity index (χ4v) is 7.49. The summed E-state index contributed by atoms with van der Waals surface area (Å²) in [5.41, 5.74) is 0. The second-order valence-corrected chi connectivity index (χ2v) is 17.8. The maximum atomic E-state index is 12.8. The Kier molecular flexibility index (Phi) is 49.4. The highest BCUT2D eigenvalue weighted by Gasteiger charge is 2.19. The number of unbranched alkanes of at least 4 members (excludes halogenated alkanes) is 27. The molecule has 0 saturated carbocycles. The van der Waals surface area contributed by atoms with Gasteiger partial charge in [-0.15, -0.1) is 0 Å². The standard InChI is InChI=1S/C57H100O6/c1-4-7-10-13-16-19-22-25-27-29-31-32-35-38-41-44-47-50-56(59)62-53-54(52-61-55(58)49-46-43-40-37-34-24-21-18-15-12-9-6-3)63-57(60)51-48-45-42-39-36-33-30-28-26-23-20-17-14-11-8-5-2/h7,10,16,19-20,23,25,27-28,30,54H,4-6,8-9,11-15,17-18,21-22,24,26,29,31-53H2,1-3H3/b10-7-,19-16-,23-20-,27-25-,30-28-. The van der Waals surface area contributed by atoms with E-state index < -0.39 is 6.10 Å². The minimum atomic E-state index is -0.783. The first-order valence-electron chi connectivity index (χ1n) is 26.8. The second-order valence-electron chi connectivity index (χ2n) is 17.8. The minimum absolute atomic E-state index is 0.0812. The maximum absolute atomic E-state index is 12.8. The van der Waals surface area contributed by atoms with Crippen molar-refractivity contribution in [3.05, 3.63) is 60.8 Å². The van der Waals surface area contributed by atoms with Crippen LogP contribution in [0, 0.1) is 0 Å². The van der Waals surface area contributed by atoms with Gasteiger partial charge in [0.15, 0.2) is 6.10 Å². The number of hydrogen-bond acceptors (Lipinski definition) is 6. The third-order valence-electron chi connectivity index (χ3n) is 11.5. The van der Waals surface area contributed by atoms with Gasteiger partial charge in [0, 0.05) is 19.3 Å². The molecule has 0 rings (SSSR count). The van der Waals surface area contributed by atoms with Crippen LogP contribution in [-0.2, 0) is 28.6 Å². The summed E-state index contributed by atoms with van der Waals surface area (Å²) in [6.45, 7) is 6.50. The molecule has 0 aromatic heterocycles. The van der Waals surface area contributed by atoms with E-state index in [2.05, 4.69) is 81.5 Å².